The zero-order chi connectivity index (χ0) is 13.6. The molecule has 0 radical (unpaired) electrons. The van der Waals surface area contributed by atoms with E-state index in [0.29, 0.717) is 19.4 Å². The van der Waals surface area contributed by atoms with Crippen LogP contribution in [0.25, 0.3) is 0 Å². The summed E-state index contributed by atoms with van der Waals surface area (Å²) in [5.74, 6) is -0.510. The molecule has 1 amide bonds. The van der Waals surface area contributed by atoms with Crippen LogP contribution in [0.3, 0.4) is 0 Å². The Morgan fingerprint density at radius 2 is 1.78 bits per heavy atom. The van der Waals surface area contributed by atoms with Crippen molar-refractivity contribution >= 4 is 11.9 Å². The first-order valence-corrected chi connectivity index (χ1v) is 7.01. The summed E-state index contributed by atoms with van der Waals surface area (Å²) in [4.78, 5) is 22.6. The summed E-state index contributed by atoms with van der Waals surface area (Å²) >= 11 is 0. The summed E-state index contributed by atoms with van der Waals surface area (Å²) in [6.07, 6.45) is 6.72. The second kappa shape index (κ2) is 6.76. The number of carbonyl (C=O) groups is 2. The number of hydrogen-bond acceptors (Lipinski definition) is 2. The van der Waals surface area contributed by atoms with E-state index in [1.165, 1.54) is 19.3 Å². The molecule has 0 bridgehead atoms. The molecule has 0 aromatic rings. The number of amides is 1. The van der Waals surface area contributed by atoms with Crippen molar-refractivity contribution in [1.82, 2.24) is 5.32 Å². The van der Waals surface area contributed by atoms with Gasteiger partial charge in [-0.2, -0.15) is 0 Å². The van der Waals surface area contributed by atoms with E-state index >= 15 is 0 Å². The van der Waals surface area contributed by atoms with Crippen LogP contribution in [-0.4, -0.2) is 23.5 Å². The van der Waals surface area contributed by atoms with E-state index in [0.717, 1.165) is 18.8 Å². The molecule has 18 heavy (non-hydrogen) atoms. The lowest BCUT2D eigenvalue weighted by Gasteiger charge is -2.10. The monoisotopic (exact) mass is 255 g/mol. The second-order valence-corrected chi connectivity index (χ2v) is 5.74. The van der Waals surface area contributed by atoms with Gasteiger partial charge in [0.25, 0.3) is 0 Å². The summed E-state index contributed by atoms with van der Waals surface area (Å²) in [6, 6.07) is 0. The Morgan fingerprint density at radius 3 is 2.28 bits per heavy atom. The zero-order valence-electron chi connectivity index (χ0n) is 11.5. The van der Waals surface area contributed by atoms with Gasteiger partial charge in [0.15, 0.2) is 0 Å². The molecule has 1 aliphatic carbocycles. The average molecular weight is 255 g/mol. The van der Waals surface area contributed by atoms with Crippen molar-refractivity contribution in [2.24, 2.45) is 11.3 Å². The van der Waals surface area contributed by atoms with Gasteiger partial charge in [-0.1, -0.05) is 39.5 Å². The van der Waals surface area contributed by atoms with Crippen molar-refractivity contribution in [2.75, 3.05) is 6.54 Å². The first-order chi connectivity index (χ1) is 8.49. The SMILES string of the molecule is CC(C)CCCCCCNC(=O)C1(C(=O)O)CC1. The molecular formula is C14H25NO3. The number of nitrogens with one attached hydrogen (secondary N) is 1. The highest BCUT2D eigenvalue weighted by Crippen LogP contribution is 2.46. The molecule has 0 saturated heterocycles. The van der Waals surface area contributed by atoms with E-state index in [2.05, 4.69) is 19.2 Å². The predicted octanol–water partition coefficient (Wildman–Crippen LogP) is 2.57. The van der Waals surface area contributed by atoms with Gasteiger partial charge in [0.2, 0.25) is 5.91 Å². The Hall–Kier alpha value is -1.06. The van der Waals surface area contributed by atoms with E-state index in [1.807, 2.05) is 0 Å². The molecule has 0 spiro atoms. The third-order valence-corrected chi connectivity index (χ3v) is 3.59. The van der Waals surface area contributed by atoms with Crippen molar-refractivity contribution in [2.45, 2.75) is 58.8 Å². The van der Waals surface area contributed by atoms with Gasteiger partial charge in [0, 0.05) is 6.54 Å². The molecule has 1 fully saturated rings. The Kier molecular flexibility index (Phi) is 5.63. The van der Waals surface area contributed by atoms with E-state index < -0.39 is 11.4 Å². The van der Waals surface area contributed by atoms with Gasteiger partial charge < -0.3 is 10.4 Å². The van der Waals surface area contributed by atoms with Gasteiger partial charge in [-0.3, -0.25) is 9.59 Å². The molecule has 0 atom stereocenters. The Bertz CT molecular complexity index is 295. The van der Waals surface area contributed by atoms with Crippen molar-refractivity contribution in [3.63, 3.8) is 0 Å². The molecule has 0 aromatic carbocycles. The van der Waals surface area contributed by atoms with Crippen molar-refractivity contribution in [1.29, 1.82) is 0 Å². The number of carbonyl (C=O) groups excluding carboxylic acids is 1. The van der Waals surface area contributed by atoms with Gasteiger partial charge in [-0.25, -0.2) is 0 Å². The number of rotatable bonds is 9. The molecular weight excluding hydrogens is 230 g/mol. The first kappa shape index (κ1) is 15.0. The lowest BCUT2D eigenvalue weighted by molar-refractivity contribution is -0.149. The van der Waals surface area contributed by atoms with Crippen LogP contribution in [0.5, 0.6) is 0 Å². The molecule has 1 aliphatic rings. The maximum atomic E-state index is 11.7. The number of hydrogen-bond donors (Lipinski definition) is 2. The lowest BCUT2D eigenvalue weighted by atomic mass is 10.0. The Morgan fingerprint density at radius 1 is 1.17 bits per heavy atom. The summed E-state index contributed by atoms with van der Waals surface area (Å²) in [5, 5.41) is 11.7. The fourth-order valence-electron chi connectivity index (χ4n) is 2.07. The van der Waals surface area contributed by atoms with Crippen molar-refractivity contribution in [3.8, 4) is 0 Å². The van der Waals surface area contributed by atoms with Crippen LogP contribution in [0.2, 0.25) is 0 Å². The Balaban J connectivity index is 2.02. The summed E-state index contributed by atoms with van der Waals surface area (Å²) in [5.41, 5.74) is -1.09. The van der Waals surface area contributed by atoms with Gasteiger partial charge in [0.1, 0.15) is 5.41 Å². The van der Waals surface area contributed by atoms with E-state index in [1.54, 1.807) is 0 Å². The molecule has 0 aromatic heterocycles. The average Bonchev–Trinajstić information content (AvgIpc) is 3.08. The molecule has 2 N–H and O–H groups in total. The zero-order valence-corrected chi connectivity index (χ0v) is 11.5. The fraction of sp³-hybridized carbons (Fsp3) is 0.857. The highest BCUT2D eigenvalue weighted by molar-refractivity contribution is 6.04. The van der Waals surface area contributed by atoms with E-state index in [-0.39, 0.29) is 5.91 Å². The van der Waals surface area contributed by atoms with E-state index in [9.17, 15) is 9.59 Å². The highest BCUT2D eigenvalue weighted by atomic mass is 16.4. The van der Waals surface area contributed by atoms with Gasteiger partial charge in [-0.15, -0.1) is 0 Å². The van der Waals surface area contributed by atoms with Crippen LogP contribution in [-0.2, 0) is 9.59 Å². The molecule has 1 rings (SSSR count). The minimum absolute atomic E-state index is 0.294. The smallest absolute Gasteiger partial charge is 0.319 e. The number of carboxylic acids is 1. The molecule has 0 heterocycles. The van der Waals surface area contributed by atoms with Crippen molar-refractivity contribution in [3.05, 3.63) is 0 Å². The maximum Gasteiger partial charge on any atom is 0.319 e. The van der Waals surface area contributed by atoms with Crippen LogP contribution in [0.1, 0.15) is 58.8 Å². The number of aliphatic carboxylic acids is 1. The minimum Gasteiger partial charge on any atom is -0.480 e. The minimum atomic E-state index is -1.09. The first-order valence-electron chi connectivity index (χ1n) is 7.01. The molecule has 4 nitrogen and oxygen atoms in total. The van der Waals surface area contributed by atoms with Crippen molar-refractivity contribution < 1.29 is 14.7 Å². The normalized spacial score (nSPS) is 16.6. The molecule has 1 saturated carbocycles. The summed E-state index contributed by atoms with van der Waals surface area (Å²) in [6.45, 7) is 5.05. The van der Waals surface area contributed by atoms with Crippen LogP contribution in [0, 0.1) is 11.3 Å². The number of unbranched alkanes of at least 4 members (excludes halogenated alkanes) is 3. The van der Waals surface area contributed by atoms with Gasteiger partial charge in [-0.05, 0) is 25.2 Å². The highest BCUT2D eigenvalue weighted by Gasteiger charge is 2.56. The molecule has 0 unspecified atom stereocenters. The summed E-state index contributed by atoms with van der Waals surface area (Å²) in [7, 11) is 0. The van der Waals surface area contributed by atoms with Crippen LogP contribution in [0.15, 0.2) is 0 Å². The van der Waals surface area contributed by atoms with Crippen LogP contribution >= 0.6 is 0 Å². The fourth-order valence-corrected chi connectivity index (χ4v) is 2.07. The third kappa shape index (κ3) is 4.31. The van der Waals surface area contributed by atoms with Gasteiger partial charge >= 0.3 is 5.97 Å². The van der Waals surface area contributed by atoms with Crippen LogP contribution in [0.4, 0.5) is 0 Å². The maximum absolute atomic E-state index is 11.7. The number of carboxylic acid groups (broad SMARTS) is 1. The largest absolute Gasteiger partial charge is 0.480 e. The molecule has 104 valence electrons. The molecule has 0 aliphatic heterocycles. The predicted molar refractivity (Wildman–Crippen MR) is 70.2 cm³/mol. The second-order valence-electron chi connectivity index (χ2n) is 5.74. The summed E-state index contributed by atoms with van der Waals surface area (Å²) < 4.78 is 0. The van der Waals surface area contributed by atoms with E-state index in [4.69, 9.17) is 5.11 Å². The lowest BCUT2D eigenvalue weighted by Crippen LogP contribution is -2.37. The third-order valence-electron chi connectivity index (χ3n) is 3.59. The molecule has 4 heteroatoms. The van der Waals surface area contributed by atoms with Gasteiger partial charge in [0.05, 0.1) is 0 Å². The standard InChI is InChI=1S/C14H25NO3/c1-11(2)7-5-3-4-6-10-15-12(16)14(8-9-14)13(17)18/h11H,3-10H2,1-2H3,(H,15,16)(H,17,18). The topological polar surface area (TPSA) is 66.4 Å². The van der Waals surface area contributed by atoms with Crippen LogP contribution < -0.4 is 5.32 Å². The quantitative estimate of drug-likeness (QED) is 0.491. The Labute approximate surface area is 109 Å².